The number of amidine groups is 1. The van der Waals surface area contributed by atoms with Gasteiger partial charge in [0.1, 0.15) is 18.2 Å². The van der Waals surface area contributed by atoms with E-state index in [0.29, 0.717) is 27.8 Å². The fraction of sp³-hybridized carbons (Fsp3) is 0.241. The van der Waals surface area contributed by atoms with Crippen LogP contribution in [0.1, 0.15) is 22.9 Å². The lowest BCUT2D eigenvalue weighted by Crippen LogP contribution is -2.31. The highest BCUT2D eigenvalue weighted by Gasteiger charge is 2.33. The van der Waals surface area contributed by atoms with Crippen LogP contribution in [0.2, 0.25) is 5.02 Å². The van der Waals surface area contributed by atoms with Gasteiger partial charge in [-0.2, -0.15) is 0 Å². The molecule has 1 aliphatic rings. The monoisotopic (exact) mass is 649 g/mol. The van der Waals surface area contributed by atoms with E-state index < -0.39 is 25.6 Å². The van der Waals surface area contributed by atoms with Crippen molar-refractivity contribution in [1.82, 2.24) is 14.8 Å². The van der Waals surface area contributed by atoms with Crippen molar-refractivity contribution < 1.29 is 36.9 Å². The number of nitrogens with zero attached hydrogens (tertiary/aromatic N) is 5. The number of benzene rings is 3. The lowest BCUT2D eigenvalue weighted by atomic mass is 10.1. The van der Waals surface area contributed by atoms with E-state index in [2.05, 4.69) is 19.8 Å². The highest BCUT2D eigenvalue weighted by molar-refractivity contribution is 8.15. The molecule has 1 N–H and O–H groups in total. The van der Waals surface area contributed by atoms with Crippen molar-refractivity contribution in [3.05, 3.63) is 88.7 Å². The molecule has 15 heteroatoms. The predicted octanol–water partition coefficient (Wildman–Crippen LogP) is 6.54. The van der Waals surface area contributed by atoms with Crippen molar-refractivity contribution in [2.24, 2.45) is 4.99 Å². The van der Waals surface area contributed by atoms with Crippen LogP contribution in [0.4, 0.5) is 23.2 Å². The van der Waals surface area contributed by atoms with Crippen LogP contribution in [0.15, 0.2) is 72.0 Å². The summed E-state index contributed by atoms with van der Waals surface area (Å²) in [7, 11) is 0. The van der Waals surface area contributed by atoms with Gasteiger partial charge in [-0.15, -0.1) is 18.3 Å². The molecular weight excluding hydrogens is 626 g/mol. The van der Waals surface area contributed by atoms with Crippen molar-refractivity contribution in [1.29, 1.82) is 0 Å². The van der Waals surface area contributed by atoms with Crippen LogP contribution in [0.5, 0.6) is 5.75 Å². The van der Waals surface area contributed by atoms with E-state index in [1.165, 1.54) is 40.2 Å². The van der Waals surface area contributed by atoms with Gasteiger partial charge in [-0.05, 0) is 66.9 Å². The van der Waals surface area contributed by atoms with E-state index in [4.69, 9.17) is 16.3 Å². The maximum atomic E-state index is 15.0. The van der Waals surface area contributed by atoms with Gasteiger partial charge in [0.15, 0.2) is 11.0 Å². The van der Waals surface area contributed by atoms with Crippen molar-refractivity contribution >= 4 is 40.1 Å². The molecule has 0 radical (unpaired) electrons. The standard InChI is InChI=1S/C29H24ClF4N5O4S/c1-16-11-22(30)24(12-17(16)2)39-25(40)14-44-27(39)36-28(41)42-13-23(31)18-3-5-19(6-4-18)26-35-15-38(37-26)20-7-9-21(10-8-20)43-29(32,33)34/h3-12,15,23,28,41H,13-14H2,1-2H3/b36-27-. The molecule has 1 aliphatic heterocycles. The Hall–Kier alpha value is -3.98. The molecule has 0 aliphatic carbocycles. The molecule has 230 valence electrons. The van der Waals surface area contributed by atoms with Gasteiger partial charge in [-0.1, -0.05) is 47.6 Å². The minimum absolute atomic E-state index is 0.100. The largest absolute Gasteiger partial charge is 0.573 e. The summed E-state index contributed by atoms with van der Waals surface area (Å²) < 4.78 is 62.6. The van der Waals surface area contributed by atoms with E-state index in [9.17, 15) is 27.5 Å². The molecule has 44 heavy (non-hydrogen) atoms. The molecule has 1 amide bonds. The second kappa shape index (κ2) is 12.9. The molecule has 1 aromatic heterocycles. The maximum Gasteiger partial charge on any atom is 0.573 e. The first-order chi connectivity index (χ1) is 20.9. The zero-order valence-electron chi connectivity index (χ0n) is 23.1. The van der Waals surface area contributed by atoms with Gasteiger partial charge in [-0.25, -0.2) is 19.0 Å². The normalized spacial score (nSPS) is 16.0. The molecule has 2 atom stereocenters. The number of aromatic nitrogens is 3. The van der Waals surface area contributed by atoms with Crippen LogP contribution < -0.4 is 9.64 Å². The van der Waals surface area contributed by atoms with Gasteiger partial charge >= 0.3 is 6.36 Å². The highest BCUT2D eigenvalue weighted by Crippen LogP contribution is 2.35. The topological polar surface area (TPSA) is 102 Å². The van der Waals surface area contributed by atoms with Crippen LogP contribution in [0.25, 0.3) is 17.1 Å². The number of ether oxygens (including phenoxy) is 2. The third kappa shape index (κ3) is 7.38. The number of carbonyl (C=O) groups is 1. The van der Waals surface area contributed by atoms with Crippen molar-refractivity contribution in [3.8, 4) is 22.8 Å². The summed E-state index contributed by atoms with van der Waals surface area (Å²) in [4.78, 5) is 22.1. The minimum Gasteiger partial charge on any atom is -0.406 e. The number of hydrogen-bond donors (Lipinski definition) is 1. The van der Waals surface area contributed by atoms with Gasteiger partial charge in [0.05, 0.1) is 28.8 Å². The van der Waals surface area contributed by atoms with E-state index >= 15 is 0 Å². The van der Waals surface area contributed by atoms with Crippen LogP contribution in [0.3, 0.4) is 0 Å². The number of aliphatic hydroxyl groups is 1. The lowest BCUT2D eigenvalue weighted by molar-refractivity contribution is -0.274. The highest BCUT2D eigenvalue weighted by atomic mass is 35.5. The molecule has 0 saturated carbocycles. The number of aryl methyl sites for hydroxylation is 2. The predicted molar refractivity (Wildman–Crippen MR) is 158 cm³/mol. The van der Waals surface area contributed by atoms with Crippen LogP contribution >= 0.6 is 23.4 Å². The Balaban J connectivity index is 1.19. The Morgan fingerprint density at radius 1 is 1.09 bits per heavy atom. The third-order valence-electron chi connectivity index (χ3n) is 6.54. The van der Waals surface area contributed by atoms with Gasteiger partial charge < -0.3 is 14.6 Å². The molecule has 5 rings (SSSR count). The zero-order chi connectivity index (χ0) is 31.6. The fourth-order valence-electron chi connectivity index (χ4n) is 4.19. The average Bonchev–Trinajstić information content (AvgIpc) is 3.61. The van der Waals surface area contributed by atoms with Crippen LogP contribution in [-0.4, -0.2) is 56.1 Å². The SMILES string of the molecule is Cc1cc(Cl)c(N2C(=O)CS/C2=N\C(O)OCC(F)c2ccc(-c3ncn(-c4ccc(OC(F)(F)F)cc4)n3)cc2)cc1C. The third-order valence-corrected chi connectivity index (χ3v) is 7.78. The summed E-state index contributed by atoms with van der Waals surface area (Å²) in [6, 6.07) is 14.9. The van der Waals surface area contributed by atoms with Crippen molar-refractivity contribution in [3.63, 3.8) is 0 Å². The first-order valence-electron chi connectivity index (χ1n) is 13.0. The molecule has 9 nitrogen and oxygen atoms in total. The molecule has 4 aromatic rings. The number of amides is 1. The molecule has 0 bridgehead atoms. The van der Waals surface area contributed by atoms with Crippen LogP contribution in [-0.2, 0) is 9.53 Å². The summed E-state index contributed by atoms with van der Waals surface area (Å²) in [6.45, 7) is 3.27. The first kappa shape index (κ1) is 31.4. The van der Waals surface area contributed by atoms with E-state index in [-0.39, 0.29) is 28.1 Å². The first-order valence-corrected chi connectivity index (χ1v) is 14.4. The Kier molecular flexibility index (Phi) is 9.25. The van der Waals surface area contributed by atoms with Gasteiger partial charge in [0, 0.05) is 5.56 Å². The number of carbonyl (C=O) groups excluding carboxylic acids is 1. The van der Waals surface area contributed by atoms with E-state index in [1.54, 1.807) is 24.3 Å². The minimum atomic E-state index is -4.79. The molecule has 2 heterocycles. The molecule has 2 unspecified atom stereocenters. The van der Waals surface area contributed by atoms with E-state index in [0.717, 1.165) is 35.0 Å². The van der Waals surface area contributed by atoms with Crippen molar-refractivity contribution in [2.75, 3.05) is 17.3 Å². The Labute approximate surface area is 258 Å². The fourth-order valence-corrected chi connectivity index (χ4v) is 5.37. The smallest absolute Gasteiger partial charge is 0.406 e. The second-order valence-electron chi connectivity index (χ2n) is 9.62. The summed E-state index contributed by atoms with van der Waals surface area (Å²) in [5.74, 6) is -0.216. The summed E-state index contributed by atoms with van der Waals surface area (Å²) in [6.07, 6.45) is -6.73. The van der Waals surface area contributed by atoms with E-state index in [1.807, 2.05) is 13.8 Å². The number of thioether (sulfide) groups is 1. The summed E-state index contributed by atoms with van der Waals surface area (Å²) >= 11 is 7.48. The van der Waals surface area contributed by atoms with Gasteiger partial charge in [0.2, 0.25) is 5.91 Å². The van der Waals surface area contributed by atoms with Crippen molar-refractivity contribution in [2.45, 2.75) is 32.8 Å². The Morgan fingerprint density at radius 3 is 2.45 bits per heavy atom. The molecular formula is C29H24ClF4N5O4S. The molecule has 1 fully saturated rings. The average molecular weight is 650 g/mol. The van der Waals surface area contributed by atoms with Gasteiger partial charge in [-0.3, -0.25) is 9.69 Å². The number of aliphatic hydroxyl groups excluding tert-OH is 1. The molecule has 0 spiro atoms. The molecule has 3 aromatic carbocycles. The number of halogens is 5. The maximum absolute atomic E-state index is 15.0. The lowest BCUT2D eigenvalue weighted by Gasteiger charge is -2.20. The summed E-state index contributed by atoms with van der Waals surface area (Å²) in [5, 5.41) is 15.2. The Bertz CT molecular complexity index is 1680. The molecule has 1 saturated heterocycles. The number of alkyl halides is 4. The Morgan fingerprint density at radius 2 is 1.77 bits per heavy atom. The number of aliphatic imine (C=N–C) groups is 1. The van der Waals surface area contributed by atoms with Crippen LogP contribution in [0, 0.1) is 13.8 Å². The number of hydrogen-bond acceptors (Lipinski definition) is 8. The summed E-state index contributed by atoms with van der Waals surface area (Å²) in [5.41, 5.74) is 3.61. The second-order valence-corrected chi connectivity index (χ2v) is 11.0. The number of anilines is 1. The quantitative estimate of drug-likeness (QED) is 0.162. The zero-order valence-corrected chi connectivity index (χ0v) is 24.7. The van der Waals surface area contributed by atoms with Gasteiger partial charge in [0.25, 0.3) is 6.41 Å². The number of rotatable bonds is 9.